The van der Waals surface area contributed by atoms with Crippen molar-refractivity contribution < 1.29 is 4.39 Å². The van der Waals surface area contributed by atoms with Crippen LogP contribution in [-0.2, 0) is 19.5 Å². The molecule has 0 unspecified atom stereocenters. The number of nitrogens with one attached hydrogen (secondary N) is 1. The first kappa shape index (κ1) is 22.4. The zero-order valence-corrected chi connectivity index (χ0v) is 19.2. The predicted octanol–water partition coefficient (Wildman–Crippen LogP) is 2.59. The number of halogens is 1. The highest BCUT2D eigenvalue weighted by molar-refractivity contribution is 7.09. The lowest BCUT2D eigenvalue weighted by Gasteiger charge is -2.36. The number of aromatic nitrogens is 2. The maximum absolute atomic E-state index is 14.0. The first-order chi connectivity index (χ1) is 14.5. The van der Waals surface area contributed by atoms with E-state index in [2.05, 4.69) is 38.3 Å². The van der Waals surface area contributed by atoms with E-state index in [-0.39, 0.29) is 5.82 Å². The van der Waals surface area contributed by atoms with Crippen molar-refractivity contribution in [2.24, 2.45) is 4.99 Å². The van der Waals surface area contributed by atoms with Crippen LogP contribution in [0.5, 0.6) is 0 Å². The SMILES string of the molecule is CCNC(=NCc1ccc(F)c(CN(C)C)c1)N1CCN(c2nc(CC)ns2)CC1. The van der Waals surface area contributed by atoms with E-state index in [1.807, 2.05) is 31.1 Å². The molecule has 30 heavy (non-hydrogen) atoms. The van der Waals surface area contributed by atoms with Crippen LogP contribution in [0.1, 0.15) is 30.8 Å². The van der Waals surface area contributed by atoms with Gasteiger partial charge in [0.15, 0.2) is 5.96 Å². The molecule has 2 aromatic rings. The number of hydrogen-bond donors (Lipinski definition) is 1. The van der Waals surface area contributed by atoms with Gasteiger partial charge in [-0.2, -0.15) is 4.37 Å². The van der Waals surface area contributed by atoms with Gasteiger partial charge in [-0.25, -0.2) is 14.4 Å². The molecule has 1 aromatic heterocycles. The molecule has 0 aliphatic carbocycles. The largest absolute Gasteiger partial charge is 0.357 e. The average Bonchev–Trinajstić information content (AvgIpc) is 3.22. The lowest BCUT2D eigenvalue weighted by atomic mass is 10.1. The Kier molecular flexibility index (Phi) is 7.98. The third-order valence-corrected chi connectivity index (χ3v) is 5.78. The molecule has 3 rings (SSSR count). The summed E-state index contributed by atoms with van der Waals surface area (Å²) in [5.74, 6) is 1.66. The van der Waals surface area contributed by atoms with Gasteiger partial charge in [-0.05, 0) is 38.7 Å². The van der Waals surface area contributed by atoms with E-state index in [0.29, 0.717) is 18.7 Å². The minimum absolute atomic E-state index is 0.164. The molecule has 0 atom stereocenters. The van der Waals surface area contributed by atoms with Crippen LogP contribution in [0.4, 0.5) is 9.52 Å². The van der Waals surface area contributed by atoms with E-state index in [9.17, 15) is 4.39 Å². The van der Waals surface area contributed by atoms with Crippen LogP contribution in [0.15, 0.2) is 23.2 Å². The molecule has 9 heteroatoms. The number of hydrogen-bond acceptors (Lipinski definition) is 6. The number of anilines is 1. The Bertz CT molecular complexity index is 844. The Hall–Kier alpha value is -2.26. The summed E-state index contributed by atoms with van der Waals surface area (Å²) < 4.78 is 18.4. The van der Waals surface area contributed by atoms with Crippen LogP contribution in [0, 0.1) is 5.82 Å². The number of aryl methyl sites for hydroxylation is 1. The molecular weight excluding hydrogens is 401 g/mol. The minimum Gasteiger partial charge on any atom is -0.357 e. The second-order valence-corrected chi connectivity index (χ2v) is 8.38. The summed E-state index contributed by atoms with van der Waals surface area (Å²) in [7, 11) is 3.88. The van der Waals surface area contributed by atoms with Crippen LogP contribution < -0.4 is 10.2 Å². The minimum atomic E-state index is -0.164. The summed E-state index contributed by atoms with van der Waals surface area (Å²) in [5.41, 5.74) is 1.72. The van der Waals surface area contributed by atoms with Crippen LogP contribution >= 0.6 is 11.5 Å². The summed E-state index contributed by atoms with van der Waals surface area (Å²) >= 11 is 1.48. The third-order valence-electron chi connectivity index (χ3n) is 4.97. The van der Waals surface area contributed by atoms with Gasteiger partial charge < -0.3 is 20.0 Å². The Labute approximate surface area is 182 Å². The number of benzene rings is 1. The first-order valence-electron chi connectivity index (χ1n) is 10.5. The quantitative estimate of drug-likeness (QED) is 0.535. The maximum atomic E-state index is 14.0. The molecule has 164 valence electrons. The third kappa shape index (κ3) is 5.89. The maximum Gasteiger partial charge on any atom is 0.205 e. The number of guanidine groups is 1. The van der Waals surface area contributed by atoms with Crippen molar-refractivity contribution in [1.29, 1.82) is 0 Å². The molecule has 1 saturated heterocycles. The molecule has 0 amide bonds. The van der Waals surface area contributed by atoms with Crippen molar-refractivity contribution in [3.8, 4) is 0 Å². The molecule has 2 heterocycles. The van der Waals surface area contributed by atoms with Gasteiger partial charge >= 0.3 is 0 Å². The summed E-state index contributed by atoms with van der Waals surface area (Å²) in [5, 5.41) is 4.41. The van der Waals surface area contributed by atoms with Gasteiger partial charge in [0.05, 0.1) is 6.54 Å². The molecule has 1 N–H and O–H groups in total. The van der Waals surface area contributed by atoms with E-state index in [4.69, 9.17) is 4.99 Å². The fraction of sp³-hybridized carbons (Fsp3) is 0.571. The topological polar surface area (TPSA) is 59.9 Å². The lowest BCUT2D eigenvalue weighted by molar-refractivity contribution is 0.372. The highest BCUT2D eigenvalue weighted by atomic mass is 32.1. The summed E-state index contributed by atoms with van der Waals surface area (Å²) in [6, 6.07) is 5.28. The van der Waals surface area contributed by atoms with Gasteiger partial charge in [-0.1, -0.05) is 13.0 Å². The molecule has 0 radical (unpaired) electrons. The van der Waals surface area contributed by atoms with Gasteiger partial charge in [0.2, 0.25) is 5.13 Å². The second-order valence-electron chi connectivity index (χ2n) is 7.65. The van der Waals surface area contributed by atoms with Gasteiger partial charge in [0.1, 0.15) is 11.6 Å². The van der Waals surface area contributed by atoms with Gasteiger partial charge in [-0.15, -0.1) is 0 Å². The van der Waals surface area contributed by atoms with Crippen molar-refractivity contribution in [2.75, 3.05) is 51.7 Å². The van der Waals surface area contributed by atoms with Gasteiger partial charge in [-0.3, -0.25) is 0 Å². The molecule has 1 fully saturated rings. The van der Waals surface area contributed by atoms with Crippen LogP contribution in [0.25, 0.3) is 0 Å². The van der Waals surface area contributed by atoms with E-state index in [0.717, 1.165) is 61.6 Å². The molecule has 7 nitrogen and oxygen atoms in total. The molecule has 0 saturated carbocycles. The van der Waals surface area contributed by atoms with Crippen LogP contribution in [0.3, 0.4) is 0 Å². The van der Waals surface area contributed by atoms with Crippen molar-refractivity contribution in [3.63, 3.8) is 0 Å². The molecule has 0 spiro atoms. The molecule has 1 aromatic carbocycles. The lowest BCUT2D eigenvalue weighted by Crippen LogP contribution is -2.52. The van der Waals surface area contributed by atoms with E-state index >= 15 is 0 Å². The Morgan fingerprint density at radius 1 is 1.23 bits per heavy atom. The average molecular weight is 434 g/mol. The molecule has 0 bridgehead atoms. The number of aliphatic imine (C=N–C) groups is 1. The van der Waals surface area contributed by atoms with Crippen LogP contribution in [-0.4, -0.2) is 71.9 Å². The fourth-order valence-corrected chi connectivity index (χ4v) is 4.21. The van der Waals surface area contributed by atoms with Gasteiger partial charge in [0, 0.05) is 62.8 Å². The highest BCUT2D eigenvalue weighted by Gasteiger charge is 2.22. The Morgan fingerprint density at radius 3 is 2.63 bits per heavy atom. The summed E-state index contributed by atoms with van der Waals surface area (Å²) in [4.78, 5) is 16.0. The standard InChI is InChI=1S/C21H32FN7S/c1-5-19-25-21(30-26-19)29-11-9-28(10-12-29)20(23-6-2)24-14-16-7-8-18(22)17(13-16)15-27(3)4/h7-8,13H,5-6,9-12,14-15H2,1-4H3,(H,23,24). The highest BCUT2D eigenvalue weighted by Crippen LogP contribution is 2.19. The molecule has 1 aliphatic rings. The van der Waals surface area contributed by atoms with Crippen molar-refractivity contribution in [3.05, 3.63) is 41.0 Å². The number of rotatable bonds is 7. The summed E-state index contributed by atoms with van der Waals surface area (Å²) in [6.07, 6.45) is 0.868. The Morgan fingerprint density at radius 2 is 2.00 bits per heavy atom. The van der Waals surface area contributed by atoms with E-state index in [1.165, 1.54) is 11.5 Å². The predicted molar refractivity (Wildman–Crippen MR) is 122 cm³/mol. The first-order valence-corrected chi connectivity index (χ1v) is 11.3. The fourth-order valence-electron chi connectivity index (χ4n) is 3.41. The number of nitrogens with zero attached hydrogens (tertiary/aromatic N) is 6. The summed E-state index contributed by atoms with van der Waals surface area (Å²) in [6.45, 7) is 9.61. The molecular formula is C21H32FN7S. The van der Waals surface area contributed by atoms with Crippen LogP contribution in [0.2, 0.25) is 0 Å². The van der Waals surface area contributed by atoms with E-state index in [1.54, 1.807) is 6.07 Å². The number of piperazine rings is 1. The smallest absolute Gasteiger partial charge is 0.205 e. The zero-order valence-electron chi connectivity index (χ0n) is 18.4. The Balaban J connectivity index is 1.63. The normalized spacial score (nSPS) is 15.2. The van der Waals surface area contributed by atoms with Crippen molar-refractivity contribution in [2.45, 2.75) is 33.4 Å². The van der Waals surface area contributed by atoms with Crippen molar-refractivity contribution >= 4 is 22.6 Å². The van der Waals surface area contributed by atoms with Crippen molar-refractivity contribution in [1.82, 2.24) is 24.5 Å². The van der Waals surface area contributed by atoms with E-state index < -0.39 is 0 Å². The zero-order chi connectivity index (χ0) is 21.5. The monoisotopic (exact) mass is 433 g/mol. The molecule has 1 aliphatic heterocycles. The second kappa shape index (κ2) is 10.7. The van der Waals surface area contributed by atoms with Gasteiger partial charge in [0.25, 0.3) is 0 Å².